The summed E-state index contributed by atoms with van der Waals surface area (Å²) in [4.78, 5) is 28.2. The number of anilines is 1. The number of benzene rings is 2. The second-order valence-corrected chi connectivity index (χ2v) is 11.4. The van der Waals surface area contributed by atoms with Gasteiger partial charge in [0.15, 0.2) is 0 Å². The first-order chi connectivity index (χ1) is 17.5. The molecule has 1 fully saturated rings. The third kappa shape index (κ3) is 7.20. The van der Waals surface area contributed by atoms with Crippen molar-refractivity contribution in [2.75, 3.05) is 32.1 Å². The molecule has 1 aliphatic carbocycles. The van der Waals surface area contributed by atoms with Gasteiger partial charge in [-0.2, -0.15) is 12.7 Å². The Morgan fingerprint density at radius 3 is 2.19 bits per heavy atom. The molecule has 0 aliphatic heterocycles. The molecule has 0 saturated heterocycles. The van der Waals surface area contributed by atoms with E-state index in [-0.39, 0.29) is 24.2 Å². The molecule has 11 heteroatoms. The molecule has 37 heavy (non-hydrogen) atoms. The molecule has 0 spiro atoms. The number of hydrogen-bond acceptors (Lipinski definition) is 5. The van der Waals surface area contributed by atoms with Crippen LogP contribution in [0, 0.1) is 5.82 Å². The molecule has 0 bridgehead atoms. The number of methoxy groups -OCH3 is 1. The van der Waals surface area contributed by atoms with Gasteiger partial charge in [0.05, 0.1) is 12.8 Å². The summed E-state index contributed by atoms with van der Waals surface area (Å²) in [6, 6.07) is 11.1. The fraction of sp³-hybridized carbons (Fsp3) is 0.462. The largest absolute Gasteiger partial charge is 0.497 e. The van der Waals surface area contributed by atoms with Crippen molar-refractivity contribution in [1.82, 2.24) is 14.5 Å². The highest BCUT2D eigenvalue weighted by atomic mass is 32.2. The summed E-state index contributed by atoms with van der Waals surface area (Å²) < 4.78 is 46.9. The quantitative estimate of drug-likeness (QED) is 0.478. The lowest BCUT2D eigenvalue weighted by Gasteiger charge is -2.33. The highest BCUT2D eigenvalue weighted by Crippen LogP contribution is 2.22. The van der Waals surface area contributed by atoms with Gasteiger partial charge in [0, 0.05) is 26.7 Å². The van der Waals surface area contributed by atoms with Gasteiger partial charge in [-0.05, 0) is 61.7 Å². The number of hydrogen-bond donors (Lipinski definition) is 1. The van der Waals surface area contributed by atoms with E-state index in [4.69, 9.17) is 4.74 Å². The van der Waals surface area contributed by atoms with Gasteiger partial charge in [-0.1, -0.05) is 25.0 Å². The molecule has 3 rings (SSSR count). The molecule has 1 unspecified atom stereocenters. The number of nitrogens with zero attached hydrogens (tertiary/aromatic N) is 3. The van der Waals surface area contributed by atoms with Crippen LogP contribution < -0.4 is 14.4 Å². The fourth-order valence-corrected chi connectivity index (χ4v) is 5.28. The molecule has 0 aromatic heterocycles. The third-order valence-corrected chi connectivity index (χ3v) is 8.33. The lowest BCUT2D eigenvalue weighted by Crippen LogP contribution is -2.53. The monoisotopic (exact) mass is 534 g/mol. The Hall–Kier alpha value is -3.18. The van der Waals surface area contributed by atoms with Crippen molar-refractivity contribution in [1.29, 1.82) is 0 Å². The molecule has 202 valence electrons. The van der Waals surface area contributed by atoms with Gasteiger partial charge in [0.1, 0.15) is 24.2 Å². The van der Waals surface area contributed by atoms with Gasteiger partial charge >= 0.3 is 10.2 Å². The maximum Gasteiger partial charge on any atom is 0.304 e. The Morgan fingerprint density at radius 1 is 1.05 bits per heavy atom. The van der Waals surface area contributed by atoms with E-state index in [9.17, 15) is 22.4 Å². The van der Waals surface area contributed by atoms with Crippen LogP contribution in [0.4, 0.5) is 10.1 Å². The zero-order valence-electron chi connectivity index (χ0n) is 21.7. The highest BCUT2D eigenvalue weighted by Gasteiger charge is 2.33. The van der Waals surface area contributed by atoms with Crippen molar-refractivity contribution in [3.63, 3.8) is 0 Å². The number of amides is 2. The number of carbonyl (C=O) groups is 2. The van der Waals surface area contributed by atoms with Gasteiger partial charge in [0.25, 0.3) is 0 Å². The third-order valence-electron chi connectivity index (χ3n) is 6.51. The van der Waals surface area contributed by atoms with Crippen molar-refractivity contribution < 1.29 is 27.1 Å². The summed E-state index contributed by atoms with van der Waals surface area (Å²) in [5.74, 6) is -0.749. The topological polar surface area (TPSA) is 99.3 Å². The smallest absolute Gasteiger partial charge is 0.304 e. The maximum atomic E-state index is 13.7. The van der Waals surface area contributed by atoms with E-state index in [1.54, 1.807) is 38.3 Å². The Kier molecular flexibility index (Phi) is 9.50. The molecule has 2 aromatic rings. The summed E-state index contributed by atoms with van der Waals surface area (Å²) in [5.41, 5.74) is 0.884. The van der Waals surface area contributed by atoms with E-state index in [1.807, 2.05) is 0 Å². The summed E-state index contributed by atoms with van der Waals surface area (Å²) in [7, 11) is 0.151. The number of carbonyl (C=O) groups excluding carboxylic acids is 2. The Morgan fingerprint density at radius 2 is 1.65 bits per heavy atom. The average molecular weight is 535 g/mol. The second-order valence-electron chi connectivity index (χ2n) is 9.31. The Bertz CT molecular complexity index is 1170. The first-order valence-corrected chi connectivity index (χ1v) is 13.6. The minimum absolute atomic E-state index is 0.0673. The molecule has 1 atom stereocenters. The predicted octanol–water partition coefficient (Wildman–Crippen LogP) is 2.92. The SMILES string of the molecule is COc1ccc(CN(C(=O)CN(c2ccc(F)cc2)S(=O)(=O)N(C)C)C(C)C(=O)NC2CCCC2)cc1. The predicted molar refractivity (Wildman–Crippen MR) is 140 cm³/mol. The minimum atomic E-state index is -4.10. The van der Waals surface area contributed by atoms with Crippen LogP contribution in [-0.2, 0) is 26.3 Å². The molecular weight excluding hydrogens is 499 g/mol. The summed E-state index contributed by atoms with van der Waals surface area (Å²) >= 11 is 0. The molecule has 1 N–H and O–H groups in total. The van der Waals surface area contributed by atoms with Crippen LogP contribution in [0.2, 0.25) is 0 Å². The van der Waals surface area contributed by atoms with Crippen LogP contribution in [0.25, 0.3) is 0 Å². The lowest BCUT2D eigenvalue weighted by molar-refractivity contribution is -0.139. The minimum Gasteiger partial charge on any atom is -0.497 e. The zero-order chi connectivity index (χ0) is 27.2. The van der Waals surface area contributed by atoms with Crippen molar-refractivity contribution in [2.24, 2.45) is 0 Å². The van der Waals surface area contributed by atoms with E-state index in [1.165, 1.54) is 31.1 Å². The van der Waals surface area contributed by atoms with Crippen LogP contribution in [0.3, 0.4) is 0 Å². The molecule has 0 heterocycles. The summed E-state index contributed by atoms with van der Waals surface area (Å²) in [6.07, 6.45) is 3.88. The average Bonchev–Trinajstić information content (AvgIpc) is 3.39. The standard InChI is InChI=1S/C26H35FN4O5S/c1-19(26(33)28-22-7-5-6-8-22)30(17-20-9-15-24(36-4)16-10-20)25(32)18-31(37(34,35)29(2)3)23-13-11-21(27)12-14-23/h9-16,19,22H,5-8,17-18H2,1-4H3,(H,28,33). The Labute approximate surface area is 218 Å². The van der Waals surface area contributed by atoms with E-state index in [0.29, 0.717) is 5.75 Å². The van der Waals surface area contributed by atoms with Crippen molar-refractivity contribution >= 4 is 27.7 Å². The van der Waals surface area contributed by atoms with Gasteiger partial charge in [-0.3, -0.25) is 9.59 Å². The first-order valence-electron chi connectivity index (χ1n) is 12.2. The zero-order valence-corrected chi connectivity index (χ0v) is 22.5. The van der Waals surface area contributed by atoms with Gasteiger partial charge in [-0.15, -0.1) is 0 Å². The highest BCUT2D eigenvalue weighted by molar-refractivity contribution is 7.90. The lowest BCUT2D eigenvalue weighted by atomic mass is 10.1. The van der Waals surface area contributed by atoms with Gasteiger partial charge in [-0.25, -0.2) is 8.70 Å². The molecule has 2 aromatic carbocycles. The molecular formula is C26H35FN4O5S. The molecule has 1 saturated carbocycles. The normalized spacial score (nSPS) is 14.9. The summed E-state index contributed by atoms with van der Waals surface area (Å²) in [6.45, 7) is 1.15. The van der Waals surface area contributed by atoms with Crippen LogP contribution in [0.1, 0.15) is 38.2 Å². The fourth-order valence-electron chi connectivity index (χ4n) is 4.23. The van der Waals surface area contributed by atoms with Crippen molar-refractivity contribution in [3.05, 3.63) is 59.9 Å². The maximum absolute atomic E-state index is 13.7. The number of ether oxygens (including phenoxy) is 1. The number of nitrogens with one attached hydrogen (secondary N) is 1. The Balaban J connectivity index is 1.91. The molecule has 0 radical (unpaired) electrons. The van der Waals surface area contributed by atoms with E-state index >= 15 is 0 Å². The van der Waals surface area contributed by atoms with Crippen molar-refractivity contribution in [3.8, 4) is 5.75 Å². The number of halogens is 1. The molecule has 9 nitrogen and oxygen atoms in total. The molecule has 1 aliphatic rings. The summed E-state index contributed by atoms with van der Waals surface area (Å²) in [5, 5.41) is 3.02. The van der Waals surface area contributed by atoms with Gasteiger partial charge < -0.3 is 15.0 Å². The van der Waals surface area contributed by atoms with Crippen molar-refractivity contribution in [2.45, 2.75) is 51.2 Å². The van der Waals surface area contributed by atoms with Crippen LogP contribution in [0.15, 0.2) is 48.5 Å². The van der Waals surface area contributed by atoms with Gasteiger partial charge in [0.2, 0.25) is 11.8 Å². The van der Waals surface area contributed by atoms with Crippen LogP contribution >= 0.6 is 0 Å². The second kappa shape index (κ2) is 12.4. The van der Waals surface area contributed by atoms with Crippen LogP contribution in [-0.4, -0.2) is 69.3 Å². The number of rotatable bonds is 11. The van der Waals surface area contributed by atoms with E-state index in [0.717, 1.165) is 52.0 Å². The molecule has 2 amide bonds. The van der Waals surface area contributed by atoms with E-state index < -0.39 is 34.5 Å². The van der Waals surface area contributed by atoms with E-state index in [2.05, 4.69) is 5.32 Å². The first kappa shape index (κ1) is 28.4. The van der Waals surface area contributed by atoms with Crippen LogP contribution in [0.5, 0.6) is 5.75 Å².